The van der Waals surface area contributed by atoms with Gasteiger partial charge in [0.1, 0.15) is 11.4 Å². The molecule has 0 radical (unpaired) electrons. The maximum absolute atomic E-state index is 12.9. The molecule has 0 atom stereocenters. The minimum Gasteiger partial charge on any atom is -0.495 e. The minimum atomic E-state index is -0.526. The Hall–Kier alpha value is -3.29. The van der Waals surface area contributed by atoms with E-state index < -0.39 is 11.3 Å². The molecule has 0 spiro atoms. The van der Waals surface area contributed by atoms with E-state index in [9.17, 15) is 14.4 Å². The molecule has 1 aliphatic rings. The third kappa shape index (κ3) is 4.77. The summed E-state index contributed by atoms with van der Waals surface area (Å²) in [5.41, 5.74) is 0.497. The molecule has 29 heavy (non-hydrogen) atoms. The van der Waals surface area contributed by atoms with E-state index in [0.717, 1.165) is 44.8 Å². The first-order valence-electron chi connectivity index (χ1n) is 9.59. The van der Waals surface area contributed by atoms with Crippen LogP contribution in [-0.4, -0.2) is 49.0 Å². The minimum absolute atomic E-state index is 0.0668. The van der Waals surface area contributed by atoms with Crippen LogP contribution in [0.1, 0.15) is 46.5 Å². The predicted molar refractivity (Wildman–Crippen MR) is 109 cm³/mol. The van der Waals surface area contributed by atoms with Crippen LogP contribution in [-0.2, 0) is 0 Å². The Morgan fingerprint density at radius 2 is 1.69 bits per heavy atom. The summed E-state index contributed by atoms with van der Waals surface area (Å²) in [6.07, 6.45) is 5.59. The largest absolute Gasteiger partial charge is 0.495 e. The second-order valence-corrected chi connectivity index (χ2v) is 6.85. The Balaban J connectivity index is 1.83. The molecule has 3 rings (SSSR count). The topological polar surface area (TPSA) is 101 Å². The third-order valence-electron chi connectivity index (χ3n) is 4.93. The molecule has 0 bridgehead atoms. The molecule has 1 aliphatic heterocycles. The molecule has 2 N–H and O–H groups in total. The summed E-state index contributed by atoms with van der Waals surface area (Å²) >= 11 is 0. The van der Waals surface area contributed by atoms with Gasteiger partial charge in [-0.25, -0.2) is 0 Å². The molecule has 8 nitrogen and oxygen atoms in total. The lowest BCUT2D eigenvalue weighted by Crippen LogP contribution is -2.31. The molecular weight excluding hydrogens is 374 g/mol. The van der Waals surface area contributed by atoms with Crippen molar-refractivity contribution in [1.82, 2.24) is 9.88 Å². The van der Waals surface area contributed by atoms with Crippen molar-refractivity contribution in [2.24, 2.45) is 0 Å². The van der Waals surface area contributed by atoms with E-state index in [1.165, 1.54) is 20.4 Å². The number of carbonyl (C=O) groups excluding carboxylic acids is 2. The summed E-state index contributed by atoms with van der Waals surface area (Å²) in [5.74, 6) is -0.0591. The van der Waals surface area contributed by atoms with E-state index in [1.54, 1.807) is 18.2 Å². The van der Waals surface area contributed by atoms with E-state index in [0.29, 0.717) is 17.0 Å². The number of likely N-dealkylation sites (tertiary alicyclic amines) is 1. The number of hydrogen-bond acceptors (Lipinski definition) is 5. The molecule has 154 valence electrons. The Kier molecular flexibility index (Phi) is 6.54. The number of pyridine rings is 1. The van der Waals surface area contributed by atoms with Crippen LogP contribution in [0.25, 0.3) is 0 Å². The Bertz CT molecular complexity index is 946. The van der Waals surface area contributed by atoms with Crippen LogP contribution in [0.4, 0.5) is 5.69 Å². The maximum Gasteiger partial charge on any atom is 0.272 e. The quantitative estimate of drug-likeness (QED) is 0.805. The highest BCUT2D eigenvalue weighted by atomic mass is 16.5. The fourth-order valence-electron chi connectivity index (χ4n) is 3.33. The van der Waals surface area contributed by atoms with Gasteiger partial charge < -0.3 is 24.7 Å². The molecule has 0 unspecified atom stereocenters. The normalized spacial score (nSPS) is 14.1. The molecular formula is C21H25N3O5. The van der Waals surface area contributed by atoms with Crippen molar-refractivity contribution in [1.29, 1.82) is 0 Å². The number of benzene rings is 1. The van der Waals surface area contributed by atoms with Gasteiger partial charge in [0.25, 0.3) is 11.8 Å². The van der Waals surface area contributed by atoms with E-state index in [1.807, 2.05) is 4.90 Å². The van der Waals surface area contributed by atoms with Crippen LogP contribution in [0.3, 0.4) is 0 Å². The van der Waals surface area contributed by atoms with Gasteiger partial charge in [0.15, 0.2) is 5.75 Å². The molecule has 8 heteroatoms. The number of aromatic nitrogens is 1. The van der Waals surface area contributed by atoms with Gasteiger partial charge in [0.05, 0.1) is 19.9 Å². The zero-order valence-corrected chi connectivity index (χ0v) is 16.6. The second kappa shape index (κ2) is 9.27. The number of carbonyl (C=O) groups is 2. The van der Waals surface area contributed by atoms with Gasteiger partial charge in [0, 0.05) is 30.9 Å². The van der Waals surface area contributed by atoms with E-state index in [2.05, 4.69) is 10.3 Å². The van der Waals surface area contributed by atoms with Crippen LogP contribution >= 0.6 is 0 Å². The van der Waals surface area contributed by atoms with Crippen LogP contribution < -0.4 is 20.2 Å². The maximum atomic E-state index is 12.9. The standard InChI is InChI=1S/C21H25N3O5/c1-28-18-8-7-14(21(27)24-9-5-3-4-6-10-24)11-15(18)23-20(26)16-12-17(25)19(29-2)13-22-16/h7-8,11-13H,3-6,9-10H2,1-2H3,(H,22,25)(H,23,26). The molecule has 0 aliphatic carbocycles. The lowest BCUT2D eigenvalue weighted by atomic mass is 10.1. The van der Waals surface area contributed by atoms with Gasteiger partial charge in [0.2, 0.25) is 5.43 Å². The summed E-state index contributed by atoms with van der Waals surface area (Å²) in [6, 6.07) is 6.10. The third-order valence-corrected chi connectivity index (χ3v) is 4.93. The summed E-state index contributed by atoms with van der Waals surface area (Å²) in [5, 5.41) is 2.71. The van der Waals surface area contributed by atoms with Crippen molar-refractivity contribution in [2.45, 2.75) is 25.7 Å². The number of methoxy groups -OCH3 is 2. The molecule has 1 aromatic heterocycles. The summed E-state index contributed by atoms with van der Waals surface area (Å²) in [4.78, 5) is 42.0. The number of rotatable bonds is 5. The van der Waals surface area contributed by atoms with Gasteiger partial charge in [-0.05, 0) is 31.0 Å². The second-order valence-electron chi connectivity index (χ2n) is 6.85. The zero-order valence-electron chi connectivity index (χ0n) is 16.6. The number of amides is 2. The summed E-state index contributed by atoms with van der Waals surface area (Å²) in [6.45, 7) is 1.47. The molecule has 1 aromatic carbocycles. The first-order chi connectivity index (χ1) is 14.0. The number of nitrogens with one attached hydrogen (secondary N) is 2. The van der Waals surface area contributed by atoms with Crippen molar-refractivity contribution < 1.29 is 19.1 Å². The number of nitrogens with zero attached hydrogens (tertiary/aromatic N) is 1. The van der Waals surface area contributed by atoms with E-state index in [4.69, 9.17) is 9.47 Å². The van der Waals surface area contributed by atoms with Crippen molar-refractivity contribution in [3.8, 4) is 11.5 Å². The highest BCUT2D eigenvalue weighted by Gasteiger charge is 2.20. The lowest BCUT2D eigenvalue weighted by Gasteiger charge is -2.21. The van der Waals surface area contributed by atoms with Crippen molar-refractivity contribution in [3.63, 3.8) is 0 Å². The van der Waals surface area contributed by atoms with Crippen LogP contribution in [0.5, 0.6) is 11.5 Å². The van der Waals surface area contributed by atoms with Crippen molar-refractivity contribution in [3.05, 3.63) is 51.9 Å². The molecule has 2 aromatic rings. The number of aromatic amines is 1. The lowest BCUT2D eigenvalue weighted by molar-refractivity contribution is 0.0761. The molecule has 2 amide bonds. The average Bonchev–Trinajstić information content (AvgIpc) is 3.02. The van der Waals surface area contributed by atoms with E-state index >= 15 is 0 Å². The highest BCUT2D eigenvalue weighted by molar-refractivity contribution is 6.05. The highest BCUT2D eigenvalue weighted by Crippen LogP contribution is 2.27. The SMILES string of the molecule is COc1ccc(C(=O)N2CCCCCC2)cc1NC(=O)c1cc(=O)c(OC)c[nH]1. The van der Waals surface area contributed by atoms with E-state index in [-0.39, 0.29) is 17.4 Å². The van der Waals surface area contributed by atoms with Gasteiger partial charge in [-0.3, -0.25) is 14.4 Å². The van der Waals surface area contributed by atoms with Gasteiger partial charge >= 0.3 is 0 Å². The van der Waals surface area contributed by atoms with Gasteiger partial charge in [-0.15, -0.1) is 0 Å². The number of anilines is 1. The van der Waals surface area contributed by atoms with Crippen molar-refractivity contribution in [2.75, 3.05) is 32.6 Å². The van der Waals surface area contributed by atoms with Crippen LogP contribution in [0.2, 0.25) is 0 Å². The van der Waals surface area contributed by atoms with Crippen LogP contribution in [0, 0.1) is 0 Å². The predicted octanol–water partition coefficient (Wildman–Crippen LogP) is 2.66. The number of H-pyrrole nitrogens is 1. The summed E-state index contributed by atoms with van der Waals surface area (Å²) in [7, 11) is 2.86. The molecule has 0 saturated carbocycles. The first kappa shape index (κ1) is 20.4. The number of hydrogen-bond donors (Lipinski definition) is 2. The fraction of sp³-hybridized carbons (Fsp3) is 0.381. The molecule has 2 heterocycles. The summed E-state index contributed by atoms with van der Waals surface area (Å²) < 4.78 is 10.2. The van der Waals surface area contributed by atoms with Gasteiger partial charge in [-0.2, -0.15) is 0 Å². The molecule has 1 saturated heterocycles. The van der Waals surface area contributed by atoms with Crippen molar-refractivity contribution >= 4 is 17.5 Å². The zero-order chi connectivity index (χ0) is 20.8. The molecule has 1 fully saturated rings. The average molecular weight is 399 g/mol. The Morgan fingerprint density at radius 3 is 2.31 bits per heavy atom. The smallest absolute Gasteiger partial charge is 0.272 e. The Morgan fingerprint density at radius 1 is 1.00 bits per heavy atom. The first-order valence-corrected chi connectivity index (χ1v) is 9.59. The number of ether oxygens (including phenoxy) is 2. The monoisotopic (exact) mass is 399 g/mol. The van der Waals surface area contributed by atoms with Gasteiger partial charge in [-0.1, -0.05) is 12.8 Å². The van der Waals surface area contributed by atoms with Crippen LogP contribution in [0.15, 0.2) is 35.3 Å². The Labute approximate surface area is 168 Å². The fourth-order valence-corrected chi connectivity index (χ4v) is 3.33.